The predicted molar refractivity (Wildman–Crippen MR) is 73.8 cm³/mol. The molecule has 0 fully saturated rings. The number of fused-ring (bicyclic) bond motifs is 1. The van der Waals surface area contributed by atoms with Crippen LogP contribution in [-0.4, -0.2) is 4.98 Å². The lowest BCUT2D eigenvalue weighted by Gasteiger charge is -2.19. The highest BCUT2D eigenvalue weighted by Crippen LogP contribution is 2.26. The molecule has 0 aliphatic heterocycles. The monoisotopic (exact) mass is 294 g/mol. The van der Waals surface area contributed by atoms with Crippen LogP contribution in [0.2, 0.25) is 0 Å². The molecule has 0 unspecified atom stereocenters. The Kier molecular flexibility index (Phi) is 3.45. The molecule has 0 saturated heterocycles. The smallest absolute Gasteiger partial charge is 0.0691 e. The summed E-state index contributed by atoms with van der Waals surface area (Å²) < 4.78 is 1.05. The average molecular weight is 295 g/mol. The van der Waals surface area contributed by atoms with Gasteiger partial charge < -0.3 is 12.6 Å². The summed E-state index contributed by atoms with van der Waals surface area (Å²) in [6.07, 6.45) is 2.12. The molecule has 2 rings (SSSR count). The summed E-state index contributed by atoms with van der Waals surface area (Å²) in [4.78, 5) is 5.57. The van der Waals surface area contributed by atoms with Gasteiger partial charge in [0.15, 0.2) is 0 Å². The molecule has 1 nitrogen and oxygen atoms in total. The van der Waals surface area contributed by atoms with Crippen LogP contribution >= 0.6 is 15.9 Å². The molecule has 0 spiro atoms. The van der Waals surface area contributed by atoms with Gasteiger partial charge in [0.1, 0.15) is 0 Å². The Balaban J connectivity index is 2.74. The average Bonchev–Trinajstić information content (AvgIpc) is 2.26. The van der Waals surface area contributed by atoms with Gasteiger partial charge in [0.25, 0.3) is 0 Å². The topological polar surface area (TPSA) is 12.9 Å². The minimum absolute atomic E-state index is 0.964. The Bertz CT molecular complexity index is 537. The number of nitrogens with zero attached hydrogens (tertiary/aromatic N) is 1. The van der Waals surface area contributed by atoms with Crippen LogP contribution in [0.15, 0.2) is 27.6 Å². The van der Waals surface area contributed by atoms with Crippen molar-refractivity contribution in [2.75, 3.05) is 0 Å². The van der Waals surface area contributed by atoms with Gasteiger partial charge in [-0.3, -0.25) is 4.98 Å². The molecule has 0 N–H and O–H groups in total. The molecule has 0 bridgehead atoms. The second kappa shape index (κ2) is 4.68. The molecule has 2 aromatic rings. The number of pyridine rings is 1. The maximum atomic E-state index is 5.55. The van der Waals surface area contributed by atoms with Crippen molar-refractivity contribution in [1.82, 2.24) is 4.98 Å². The second-order valence-electron chi connectivity index (χ2n) is 3.92. The molecule has 16 heavy (non-hydrogen) atoms. The molecule has 0 atom stereocenters. The highest BCUT2D eigenvalue weighted by Gasteiger charge is 2.04. The highest BCUT2D eigenvalue weighted by atomic mass is 79.9. The fourth-order valence-electron chi connectivity index (χ4n) is 1.91. The predicted octanol–water partition coefficient (Wildman–Crippen LogP) is 4.16. The minimum Gasteiger partial charge on any atom is -0.779 e. The van der Waals surface area contributed by atoms with Crippen molar-refractivity contribution in [3.63, 3.8) is 0 Å². The van der Waals surface area contributed by atoms with Crippen LogP contribution in [0.3, 0.4) is 0 Å². The molecule has 3 heteroatoms. The largest absolute Gasteiger partial charge is 0.779 e. The molecule has 0 aliphatic rings. The fourth-order valence-corrected chi connectivity index (χ4v) is 2.68. The van der Waals surface area contributed by atoms with Crippen molar-refractivity contribution >= 4 is 39.5 Å². The first-order valence-electron chi connectivity index (χ1n) is 5.39. The highest BCUT2D eigenvalue weighted by molar-refractivity contribution is 9.10. The first-order valence-corrected chi connectivity index (χ1v) is 6.59. The van der Waals surface area contributed by atoms with Gasteiger partial charge in [-0.1, -0.05) is 29.3 Å². The molecule has 84 valence electrons. The third-order valence-electron chi connectivity index (χ3n) is 2.70. The zero-order valence-electron chi connectivity index (χ0n) is 9.38. The second-order valence-corrected chi connectivity index (χ2v) is 5.24. The van der Waals surface area contributed by atoms with E-state index in [4.69, 9.17) is 12.6 Å². The number of benzene rings is 1. The van der Waals surface area contributed by atoms with Gasteiger partial charge in [0, 0.05) is 10.2 Å². The van der Waals surface area contributed by atoms with E-state index in [1.165, 1.54) is 5.56 Å². The molecule has 1 aromatic heterocycles. The van der Waals surface area contributed by atoms with Crippen LogP contribution in [-0.2, 0) is 19.0 Å². The Morgan fingerprint density at radius 2 is 2.12 bits per heavy atom. The van der Waals surface area contributed by atoms with Crippen molar-refractivity contribution in [2.45, 2.75) is 31.6 Å². The van der Waals surface area contributed by atoms with Gasteiger partial charge in [0.2, 0.25) is 0 Å². The molecular formula is C13H13BrNS-. The number of aryl methyl sites for hydroxylation is 1. The van der Waals surface area contributed by atoms with Crippen molar-refractivity contribution in [3.8, 4) is 0 Å². The quantitative estimate of drug-likeness (QED) is 0.771. The maximum Gasteiger partial charge on any atom is 0.0691 e. The normalized spacial score (nSPS) is 10.9. The van der Waals surface area contributed by atoms with Crippen LogP contribution in [0.1, 0.15) is 24.6 Å². The van der Waals surface area contributed by atoms with Crippen LogP contribution in [0, 0.1) is 6.92 Å². The lowest BCUT2D eigenvalue weighted by atomic mass is 10.1. The molecule has 0 amide bonds. The Labute approximate surface area is 110 Å². The minimum atomic E-state index is 0.964. The molecular weight excluding hydrogens is 282 g/mol. The van der Waals surface area contributed by atoms with Crippen molar-refractivity contribution < 1.29 is 0 Å². The first kappa shape index (κ1) is 11.8. The van der Waals surface area contributed by atoms with E-state index in [1.807, 2.05) is 19.1 Å². The molecule has 1 aromatic carbocycles. The van der Waals surface area contributed by atoms with Crippen molar-refractivity contribution in [2.24, 2.45) is 0 Å². The summed E-state index contributed by atoms with van der Waals surface area (Å²) in [6.45, 7) is 4.21. The van der Waals surface area contributed by atoms with Crippen molar-refractivity contribution in [3.05, 3.63) is 33.9 Å². The standard InChI is InChI=1S/C13H14BrNS/c1-3-4-10-8(2)15-12-6-5-9(14)7-11(12)13(10)16/h5-7H,3-4H2,1-2H3,(H,15,16)/p-1. The summed E-state index contributed by atoms with van der Waals surface area (Å²) in [7, 11) is 0. The van der Waals surface area contributed by atoms with Gasteiger partial charge in [-0.05, 0) is 42.5 Å². The molecule has 0 saturated carbocycles. The van der Waals surface area contributed by atoms with Gasteiger partial charge in [-0.25, -0.2) is 0 Å². The van der Waals surface area contributed by atoms with Gasteiger partial charge >= 0.3 is 0 Å². The third-order valence-corrected chi connectivity index (χ3v) is 3.66. The molecule has 1 heterocycles. The summed E-state index contributed by atoms with van der Waals surface area (Å²) >= 11 is 9.02. The zero-order valence-corrected chi connectivity index (χ0v) is 11.8. The lowest BCUT2D eigenvalue weighted by Crippen LogP contribution is -1.97. The zero-order chi connectivity index (χ0) is 11.7. The Hall–Kier alpha value is -0.670. The van der Waals surface area contributed by atoms with Crippen LogP contribution in [0.5, 0.6) is 0 Å². The van der Waals surface area contributed by atoms with E-state index in [0.717, 1.165) is 38.8 Å². The van der Waals surface area contributed by atoms with Crippen LogP contribution < -0.4 is 0 Å². The van der Waals surface area contributed by atoms with Gasteiger partial charge in [-0.15, -0.1) is 0 Å². The summed E-state index contributed by atoms with van der Waals surface area (Å²) in [6, 6.07) is 6.07. The van der Waals surface area contributed by atoms with Crippen LogP contribution in [0.25, 0.3) is 10.9 Å². The van der Waals surface area contributed by atoms with E-state index < -0.39 is 0 Å². The van der Waals surface area contributed by atoms with E-state index in [0.29, 0.717) is 0 Å². The van der Waals surface area contributed by atoms with Gasteiger partial charge in [0.05, 0.1) is 5.52 Å². The van der Waals surface area contributed by atoms with Crippen molar-refractivity contribution in [1.29, 1.82) is 0 Å². The number of rotatable bonds is 2. The number of hydrogen-bond donors (Lipinski definition) is 0. The van der Waals surface area contributed by atoms with E-state index in [2.05, 4.69) is 33.9 Å². The van der Waals surface area contributed by atoms with Crippen LogP contribution in [0.4, 0.5) is 0 Å². The number of hydrogen-bond acceptors (Lipinski definition) is 2. The number of halogens is 1. The molecule has 0 aliphatic carbocycles. The lowest BCUT2D eigenvalue weighted by molar-refractivity contribution is 0.883. The summed E-state index contributed by atoms with van der Waals surface area (Å²) in [5.74, 6) is 0. The van der Waals surface area contributed by atoms with E-state index in [1.54, 1.807) is 0 Å². The summed E-state index contributed by atoms with van der Waals surface area (Å²) in [5, 5.41) is 1.08. The third kappa shape index (κ3) is 2.06. The SMILES string of the molecule is CCCc1c(C)nc2ccc(Br)cc2c1[S-]. The van der Waals surface area contributed by atoms with E-state index in [9.17, 15) is 0 Å². The first-order chi connectivity index (χ1) is 7.63. The number of aromatic nitrogens is 1. The maximum absolute atomic E-state index is 5.55. The van der Waals surface area contributed by atoms with E-state index in [-0.39, 0.29) is 0 Å². The fraction of sp³-hybridized carbons (Fsp3) is 0.308. The Morgan fingerprint density at radius 3 is 2.81 bits per heavy atom. The summed E-state index contributed by atoms with van der Waals surface area (Å²) in [5.41, 5.74) is 3.29. The van der Waals surface area contributed by atoms with E-state index >= 15 is 0 Å². The Morgan fingerprint density at radius 1 is 1.38 bits per heavy atom. The molecule has 0 radical (unpaired) electrons. The van der Waals surface area contributed by atoms with Gasteiger partial charge in [-0.2, -0.15) is 4.90 Å².